The van der Waals surface area contributed by atoms with E-state index in [9.17, 15) is 14.9 Å². The Morgan fingerprint density at radius 1 is 1.05 bits per heavy atom. The predicted octanol–water partition coefficient (Wildman–Crippen LogP) is 6.36. The molecule has 0 bridgehead atoms. The van der Waals surface area contributed by atoms with Gasteiger partial charge in [0.25, 0.3) is 5.91 Å². The number of halogens is 1. The van der Waals surface area contributed by atoms with Crippen molar-refractivity contribution in [1.29, 1.82) is 5.26 Å². The van der Waals surface area contributed by atoms with Gasteiger partial charge >= 0.3 is 0 Å². The molecule has 2 amide bonds. The summed E-state index contributed by atoms with van der Waals surface area (Å²) in [7, 11) is 1.54. The Morgan fingerprint density at radius 2 is 1.77 bits per heavy atom. The molecule has 7 nitrogen and oxygen atoms in total. The molecular formula is C30H27ClN4O3S. The van der Waals surface area contributed by atoms with Gasteiger partial charge in [-0.05, 0) is 49.2 Å². The van der Waals surface area contributed by atoms with Crippen molar-refractivity contribution >= 4 is 46.6 Å². The number of nitrogens with zero attached hydrogens (tertiary/aromatic N) is 1. The number of hydrogen-bond donors (Lipinski definition) is 3. The highest BCUT2D eigenvalue weighted by Crippen LogP contribution is 2.41. The maximum Gasteiger partial charge on any atom is 0.254 e. The number of carbonyl (C=O) groups excluding carboxylic acids is 2. The summed E-state index contributed by atoms with van der Waals surface area (Å²) in [6, 6.07) is 24.1. The van der Waals surface area contributed by atoms with Gasteiger partial charge in [-0.25, -0.2) is 0 Å². The number of dihydropyridines is 1. The number of allylic oxidation sites excluding steroid dienone is 2. The molecule has 1 heterocycles. The number of aryl methyl sites for hydroxylation is 1. The summed E-state index contributed by atoms with van der Waals surface area (Å²) < 4.78 is 5.38. The molecule has 0 radical (unpaired) electrons. The predicted molar refractivity (Wildman–Crippen MR) is 157 cm³/mol. The van der Waals surface area contributed by atoms with Crippen LogP contribution in [0.1, 0.15) is 24.0 Å². The maximum atomic E-state index is 13.6. The van der Waals surface area contributed by atoms with Crippen LogP contribution in [-0.2, 0) is 9.59 Å². The van der Waals surface area contributed by atoms with Crippen molar-refractivity contribution in [3.05, 3.63) is 111 Å². The molecule has 3 N–H and O–H groups in total. The third kappa shape index (κ3) is 6.45. The molecule has 4 rings (SSSR count). The van der Waals surface area contributed by atoms with Gasteiger partial charge < -0.3 is 20.7 Å². The molecule has 1 aliphatic heterocycles. The first-order chi connectivity index (χ1) is 18.8. The van der Waals surface area contributed by atoms with E-state index in [2.05, 4.69) is 22.0 Å². The summed E-state index contributed by atoms with van der Waals surface area (Å²) in [5.41, 5.74) is 4.17. The average Bonchev–Trinajstić information content (AvgIpc) is 2.94. The van der Waals surface area contributed by atoms with Crippen LogP contribution in [0, 0.1) is 18.3 Å². The van der Waals surface area contributed by atoms with Crippen LogP contribution in [0.15, 0.2) is 94.7 Å². The highest BCUT2D eigenvalue weighted by molar-refractivity contribution is 8.03. The lowest BCUT2D eigenvalue weighted by atomic mass is 9.82. The SMILES string of the molecule is COc1ccccc1NC(=O)C1=C(C)NC(SCC(=O)Nc2ccc(C)c(Cl)c2)=C(C#N)C1c1ccccc1. The van der Waals surface area contributed by atoms with Crippen molar-refractivity contribution in [2.45, 2.75) is 19.8 Å². The van der Waals surface area contributed by atoms with E-state index in [4.69, 9.17) is 16.3 Å². The number of methoxy groups -OCH3 is 1. The van der Waals surface area contributed by atoms with Crippen molar-refractivity contribution in [2.24, 2.45) is 0 Å². The minimum absolute atomic E-state index is 0.0521. The van der Waals surface area contributed by atoms with E-state index in [-0.39, 0.29) is 17.6 Å². The number of anilines is 2. The topological polar surface area (TPSA) is 103 Å². The fraction of sp³-hybridized carbons (Fsp3) is 0.167. The number of thioether (sulfide) groups is 1. The Morgan fingerprint density at radius 3 is 2.46 bits per heavy atom. The number of nitriles is 1. The Bertz CT molecular complexity index is 1510. The molecule has 9 heteroatoms. The fourth-order valence-electron chi connectivity index (χ4n) is 4.25. The van der Waals surface area contributed by atoms with Gasteiger partial charge in [-0.3, -0.25) is 9.59 Å². The van der Waals surface area contributed by atoms with Crippen LogP contribution < -0.4 is 20.7 Å². The molecule has 39 heavy (non-hydrogen) atoms. The van der Waals surface area contributed by atoms with Crippen molar-refractivity contribution in [2.75, 3.05) is 23.5 Å². The summed E-state index contributed by atoms with van der Waals surface area (Å²) in [5, 5.41) is 20.3. The molecule has 198 valence electrons. The second-order valence-electron chi connectivity index (χ2n) is 8.82. The van der Waals surface area contributed by atoms with Crippen molar-refractivity contribution in [3.8, 4) is 11.8 Å². The van der Waals surface area contributed by atoms with E-state index >= 15 is 0 Å². The first kappa shape index (κ1) is 27.8. The number of benzene rings is 3. The first-order valence-electron chi connectivity index (χ1n) is 12.1. The van der Waals surface area contributed by atoms with Crippen LogP contribution in [0.25, 0.3) is 0 Å². The molecule has 1 aliphatic rings. The summed E-state index contributed by atoms with van der Waals surface area (Å²) in [5.74, 6) is -0.657. The number of ether oxygens (including phenoxy) is 1. The van der Waals surface area contributed by atoms with Gasteiger partial charge in [0, 0.05) is 22.0 Å². The van der Waals surface area contributed by atoms with Gasteiger partial charge in [0.15, 0.2) is 0 Å². The molecule has 1 unspecified atom stereocenters. The molecule has 0 fully saturated rings. The van der Waals surface area contributed by atoms with Gasteiger partial charge in [0.05, 0.1) is 41.1 Å². The van der Waals surface area contributed by atoms with Gasteiger partial charge in [-0.2, -0.15) is 5.26 Å². The number of para-hydroxylation sites is 2. The second-order valence-corrected chi connectivity index (χ2v) is 10.2. The van der Waals surface area contributed by atoms with E-state index < -0.39 is 5.92 Å². The zero-order valence-corrected chi connectivity index (χ0v) is 23.2. The highest BCUT2D eigenvalue weighted by atomic mass is 35.5. The quantitative estimate of drug-likeness (QED) is 0.297. The average molecular weight is 559 g/mol. The number of amides is 2. The molecule has 0 spiro atoms. The molecule has 1 atom stereocenters. The van der Waals surface area contributed by atoms with Gasteiger partial charge in [0.1, 0.15) is 5.75 Å². The molecular weight excluding hydrogens is 532 g/mol. The van der Waals surface area contributed by atoms with E-state index in [1.165, 1.54) is 18.9 Å². The second kappa shape index (κ2) is 12.6. The summed E-state index contributed by atoms with van der Waals surface area (Å²) >= 11 is 7.38. The van der Waals surface area contributed by atoms with Crippen LogP contribution in [-0.4, -0.2) is 24.7 Å². The summed E-state index contributed by atoms with van der Waals surface area (Å²) in [6.45, 7) is 3.68. The van der Waals surface area contributed by atoms with Crippen LogP contribution in [0.3, 0.4) is 0 Å². The Kier molecular flexibility index (Phi) is 8.97. The molecule has 0 saturated carbocycles. The zero-order chi connectivity index (χ0) is 27.9. The molecule has 3 aromatic carbocycles. The maximum absolute atomic E-state index is 13.6. The first-order valence-corrected chi connectivity index (χ1v) is 13.5. The summed E-state index contributed by atoms with van der Waals surface area (Å²) in [6.07, 6.45) is 0. The lowest BCUT2D eigenvalue weighted by Crippen LogP contribution is -2.31. The number of hydrogen-bond acceptors (Lipinski definition) is 6. The van der Waals surface area contributed by atoms with E-state index in [1.54, 1.807) is 37.3 Å². The Hall–Kier alpha value is -4.19. The van der Waals surface area contributed by atoms with Crippen LogP contribution in [0.5, 0.6) is 5.75 Å². The summed E-state index contributed by atoms with van der Waals surface area (Å²) in [4.78, 5) is 26.4. The van der Waals surface area contributed by atoms with Crippen molar-refractivity contribution in [1.82, 2.24) is 5.32 Å². The lowest BCUT2D eigenvalue weighted by Gasteiger charge is -2.30. The molecule has 0 aromatic heterocycles. The van der Waals surface area contributed by atoms with Crippen molar-refractivity contribution in [3.63, 3.8) is 0 Å². The normalized spacial score (nSPS) is 14.8. The fourth-order valence-corrected chi connectivity index (χ4v) is 5.32. The number of rotatable bonds is 8. The van der Waals surface area contributed by atoms with Crippen LogP contribution >= 0.6 is 23.4 Å². The number of carbonyl (C=O) groups is 2. The Balaban J connectivity index is 1.61. The zero-order valence-electron chi connectivity index (χ0n) is 21.7. The van der Waals surface area contributed by atoms with Crippen LogP contribution in [0.2, 0.25) is 5.02 Å². The largest absolute Gasteiger partial charge is 0.495 e. The van der Waals surface area contributed by atoms with Gasteiger partial charge in [-0.15, -0.1) is 0 Å². The standard InChI is InChI=1S/C30H27ClN4O3S/c1-18-13-14-21(15-23(18)31)34-26(36)17-39-30-22(16-32)28(20-9-5-4-6-10-20)27(19(2)33-30)29(37)35-24-11-7-8-12-25(24)38-3/h4-15,28,33H,17H2,1-3H3,(H,34,36)(H,35,37). The molecule has 0 aliphatic carbocycles. The van der Waals surface area contributed by atoms with Gasteiger partial charge in [-0.1, -0.05) is 71.9 Å². The van der Waals surface area contributed by atoms with E-state index in [0.29, 0.717) is 44.0 Å². The minimum atomic E-state index is -0.631. The minimum Gasteiger partial charge on any atom is -0.495 e. The monoisotopic (exact) mass is 558 g/mol. The number of nitrogens with one attached hydrogen (secondary N) is 3. The molecule has 0 saturated heterocycles. The third-order valence-corrected chi connectivity index (χ3v) is 7.61. The van der Waals surface area contributed by atoms with E-state index in [1.807, 2.05) is 49.4 Å². The highest BCUT2D eigenvalue weighted by Gasteiger charge is 2.35. The molecule has 3 aromatic rings. The van der Waals surface area contributed by atoms with Crippen LogP contribution in [0.4, 0.5) is 11.4 Å². The Labute approximate surface area is 236 Å². The third-order valence-electron chi connectivity index (χ3n) is 6.18. The van der Waals surface area contributed by atoms with Crippen molar-refractivity contribution < 1.29 is 14.3 Å². The van der Waals surface area contributed by atoms with Gasteiger partial charge in [0.2, 0.25) is 5.91 Å². The smallest absolute Gasteiger partial charge is 0.254 e. The lowest BCUT2D eigenvalue weighted by molar-refractivity contribution is -0.114. The van der Waals surface area contributed by atoms with E-state index in [0.717, 1.165) is 11.1 Å².